The zero-order valence-corrected chi connectivity index (χ0v) is 11.8. The van der Waals surface area contributed by atoms with Crippen LogP contribution in [0.25, 0.3) is 31.6 Å². The van der Waals surface area contributed by atoms with E-state index in [-0.39, 0.29) is 5.28 Å². The van der Waals surface area contributed by atoms with Crippen LogP contribution >= 0.6 is 22.9 Å². The van der Waals surface area contributed by atoms with E-state index in [0.29, 0.717) is 0 Å². The van der Waals surface area contributed by atoms with Gasteiger partial charge in [0.1, 0.15) is 4.83 Å². The molecule has 1 aromatic carbocycles. The summed E-state index contributed by atoms with van der Waals surface area (Å²) in [5.74, 6) is 0. The largest absolute Gasteiger partial charge is 0.264 e. The van der Waals surface area contributed by atoms with Gasteiger partial charge in [-0.25, -0.2) is 9.97 Å². The number of rotatable bonds is 1. The van der Waals surface area contributed by atoms with Crippen molar-refractivity contribution in [1.82, 2.24) is 15.0 Å². The van der Waals surface area contributed by atoms with Crippen LogP contribution in [0, 0.1) is 0 Å². The maximum absolute atomic E-state index is 6.07. The minimum atomic E-state index is 0.267. The molecular formula is C15H8ClN3S. The second-order valence-electron chi connectivity index (χ2n) is 4.36. The van der Waals surface area contributed by atoms with Gasteiger partial charge in [0.2, 0.25) is 5.28 Å². The quantitative estimate of drug-likeness (QED) is 0.483. The number of hydrogen-bond acceptors (Lipinski definition) is 4. The number of benzene rings is 1. The van der Waals surface area contributed by atoms with Crippen molar-refractivity contribution in [2.75, 3.05) is 0 Å². The molecule has 0 atom stereocenters. The fourth-order valence-corrected chi connectivity index (χ4v) is 3.60. The van der Waals surface area contributed by atoms with Crippen LogP contribution in [0.4, 0.5) is 0 Å². The average molecular weight is 298 g/mol. The summed E-state index contributed by atoms with van der Waals surface area (Å²) in [5, 5.41) is 2.47. The molecule has 4 rings (SSSR count). The van der Waals surface area contributed by atoms with Crippen LogP contribution < -0.4 is 0 Å². The Kier molecular flexibility index (Phi) is 2.65. The molecule has 3 heterocycles. The zero-order chi connectivity index (χ0) is 13.5. The molecule has 0 amide bonds. The Labute approximate surface area is 123 Å². The van der Waals surface area contributed by atoms with Crippen molar-refractivity contribution in [1.29, 1.82) is 0 Å². The Balaban J connectivity index is 2.19. The van der Waals surface area contributed by atoms with Crippen molar-refractivity contribution < 1.29 is 0 Å². The smallest absolute Gasteiger partial charge is 0.224 e. The first kappa shape index (κ1) is 11.8. The molecule has 4 aromatic rings. The molecule has 0 radical (unpaired) electrons. The van der Waals surface area contributed by atoms with E-state index < -0.39 is 0 Å². The highest BCUT2D eigenvalue weighted by Crippen LogP contribution is 2.38. The predicted molar refractivity (Wildman–Crippen MR) is 83.2 cm³/mol. The van der Waals surface area contributed by atoms with E-state index in [2.05, 4.69) is 27.1 Å². The molecule has 0 saturated heterocycles. The molecule has 0 unspecified atom stereocenters. The molecule has 0 aliphatic rings. The molecule has 3 aromatic heterocycles. The Morgan fingerprint density at radius 3 is 2.75 bits per heavy atom. The van der Waals surface area contributed by atoms with Crippen LogP contribution in [0.2, 0.25) is 5.28 Å². The van der Waals surface area contributed by atoms with Crippen LogP contribution in [0.1, 0.15) is 0 Å². The number of aromatic nitrogens is 3. The Morgan fingerprint density at radius 1 is 1.00 bits per heavy atom. The molecule has 20 heavy (non-hydrogen) atoms. The average Bonchev–Trinajstić information content (AvgIpc) is 2.85. The van der Waals surface area contributed by atoms with E-state index in [1.807, 2.05) is 24.3 Å². The van der Waals surface area contributed by atoms with Crippen LogP contribution in [-0.4, -0.2) is 15.0 Å². The highest BCUT2D eigenvalue weighted by Gasteiger charge is 2.14. The van der Waals surface area contributed by atoms with Crippen molar-refractivity contribution in [3.05, 3.63) is 54.1 Å². The first-order valence-electron chi connectivity index (χ1n) is 6.08. The summed E-state index contributed by atoms with van der Waals surface area (Å²) >= 11 is 7.69. The summed E-state index contributed by atoms with van der Waals surface area (Å²) in [5.41, 5.74) is 1.79. The van der Waals surface area contributed by atoms with Crippen molar-refractivity contribution in [3.8, 4) is 11.3 Å². The van der Waals surface area contributed by atoms with Gasteiger partial charge in [0.05, 0.1) is 5.69 Å². The van der Waals surface area contributed by atoms with Gasteiger partial charge in [0, 0.05) is 33.4 Å². The van der Waals surface area contributed by atoms with E-state index in [4.69, 9.17) is 11.6 Å². The molecule has 0 fully saturated rings. The molecule has 0 spiro atoms. The van der Waals surface area contributed by atoms with Gasteiger partial charge in [0.15, 0.2) is 0 Å². The number of halogens is 1. The number of pyridine rings is 1. The fourth-order valence-electron chi connectivity index (χ4n) is 2.31. The van der Waals surface area contributed by atoms with Crippen molar-refractivity contribution in [3.63, 3.8) is 0 Å². The lowest BCUT2D eigenvalue weighted by Gasteiger charge is -2.03. The van der Waals surface area contributed by atoms with Crippen LogP contribution in [0.15, 0.2) is 48.8 Å². The van der Waals surface area contributed by atoms with Crippen molar-refractivity contribution in [2.24, 2.45) is 0 Å². The van der Waals surface area contributed by atoms with Gasteiger partial charge < -0.3 is 0 Å². The molecule has 5 heteroatoms. The monoisotopic (exact) mass is 297 g/mol. The lowest BCUT2D eigenvalue weighted by molar-refractivity contribution is 1.23. The summed E-state index contributed by atoms with van der Waals surface area (Å²) in [7, 11) is 0. The second-order valence-corrected chi connectivity index (χ2v) is 5.73. The molecule has 0 N–H and O–H groups in total. The van der Waals surface area contributed by atoms with Gasteiger partial charge in [-0.2, -0.15) is 0 Å². The summed E-state index contributed by atoms with van der Waals surface area (Å²) in [4.78, 5) is 13.8. The summed E-state index contributed by atoms with van der Waals surface area (Å²) in [6.07, 6.45) is 3.54. The molecule has 0 aliphatic heterocycles. The highest BCUT2D eigenvalue weighted by molar-refractivity contribution is 7.25. The van der Waals surface area contributed by atoms with Crippen molar-refractivity contribution in [2.45, 2.75) is 0 Å². The SMILES string of the molecule is Clc1nc(-c2cccnc2)c2c(n1)sc1ccccc12. The van der Waals surface area contributed by atoms with E-state index >= 15 is 0 Å². The Bertz CT molecular complexity index is 918. The topological polar surface area (TPSA) is 38.7 Å². The first-order valence-corrected chi connectivity index (χ1v) is 7.27. The number of hydrogen-bond donors (Lipinski definition) is 0. The zero-order valence-electron chi connectivity index (χ0n) is 10.2. The van der Waals surface area contributed by atoms with Crippen LogP contribution in [0.5, 0.6) is 0 Å². The lowest BCUT2D eigenvalue weighted by Crippen LogP contribution is -1.89. The van der Waals surface area contributed by atoms with Gasteiger partial charge in [-0.1, -0.05) is 18.2 Å². The van der Waals surface area contributed by atoms with Gasteiger partial charge >= 0.3 is 0 Å². The number of fused-ring (bicyclic) bond motifs is 3. The number of nitrogens with zero attached hydrogens (tertiary/aromatic N) is 3. The molecule has 0 bridgehead atoms. The molecule has 0 saturated carbocycles. The van der Waals surface area contributed by atoms with Crippen molar-refractivity contribution >= 4 is 43.2 Å². The lowest BCUT2D eigenvalue weighted by atomic mass is 10.1. The van der Waals surface area contributed by atoms with Crippen LogP contribution in [0.3, 0.4) is 0 Å². The van der Waals surface area contributed by atoms with Gasteiger partial charge in [0.25, 0.3) is 0 Å². The minimum absolute atomic E-state index is 0.267. The summed E-state index contributed by atoms with van der Waals surface area (Å²) in [6.45, 7) is 0. The highest BCUT2D eigenvalue weighted by atomic mass is 35.5. The maximum Gasteiger partial charge on any atom is 0.224 e. The standard InChI is InChI=1S/C15H8ClN3S/c16-15-18-13(9-4-3-7-17-8-9)12-10-5-1-2-6-11(10)20-14(12)19-15/h1-8H. The third kappa shape index (κ3) is 1.77. The first-order chi connectivity index (χ1) is 9.83. The maximum atomic E-state index is 6.07. The van der Waals surface area contributed by atoms with E-state index in [1.54, 1.807) is 23.7 Å². The molecule has 3 nitrogen and oxygen atoms in total. The molecule has 0 aliphatic carbocycles. The van der Waals surface area contributed by atoms with Crippen LogP contribution in [-0.2, 0) is 0 Å². The normalized spacial score (nSPS) is 11.2. The molecular weight excluding hydrogens is 290 g/mol. The fraction of sp³-hybridized carbons (Fsp3) is 0. The van der Waals surface area contributed by atoms with E-state index in [1.165, 1.54) is 4.70 Å². The Hall–Kier alpha value is -2.04. The van der Waals surface area contributed by atoms with E-state index in [9.17, 15) is 0 Å². The van der Waals surface area contributed by atoms with Gasteiger partial charge in [-0.15, -0.1) is 11.3 Å². The Morgan fingerprint density at radius 2 is 1.90 bits per heavy atom. The summed E-state index contributed by atoms with van der Waals surface area (Å²) < 4.78 is 1.18. The number of thiophene rings is 1. The third-order valence-electron chi connectivity index (χ3n) is 3.15. The second kappa shape index (κ2) is 4.51. The van der Waals surface area contributed by atoms with Gasteiger partial charge in [-0.05, 0) is 29.8 Å². The third-order valence-corrected chi connectivity index (χ3v) is 4.38. The van der Waals surface area contributed by atoms with E-state index in [0.717, 1.165) is 26.9 Å². The minimum Gasteiger partial charge on any atom is -0.264 e. The summed E-state index contributed by atoms with van der Waals surface area (Å²) in [6, 6.07) is 12.1. The van der Waals surface area contributed by atoms with Gasteiger partial charge in [-0.3, -0.25) is 4.98 Å². The predicted octanol–water partition coefficient (Wildman–Crippen LogP) is 4.56. The molecule has 96 valence electrons.